The summed E-state index contributed by atoms with van der Waals surface area (Å²) in [4.78, 5) is 14.5. The van der Waals surface area contributed by atoms with Gasteiger partial charge in [0.1, 0.15) is 11.6 Å². The second kappa shape index (κ2) is 5.83. The van der Waals surface area contributed by atoms with Gasteiger partial charge in [-0.15, -0.1) is 21.5 Å². The molecule has 1 aliphatic heterocycles. The van der Waals surface area contributed by atoms with Crippen LogP contribution in [-0.4, -0.2) is 27.2 Å². The summed E-state index contributed by atoms with van der Waals surface area (Å²) in [6, 6.07) is 2.09. The molecule has 1 N–H and O–H groups in total. The fourth-order valence-electron chi connectivity index (χ4n) is 3.37. The molecule has 116 valence electrons. The van der Waals surface area contributed by atoms with Crippen molar-refractivity contribution in [1.29, 1.82) is 0 Å². The van der Waals surface area contributed by atoms with Crippen molar-refractivity contribution in [2.45, 2.75) is 51.5 Å². The number of aryl methyl sites for hydroxylation is 3. The minimum atomic E-state index is 0.0561. The van der Waals surface area contributed by atoms with Gasteiger partial charge in [-0.05, 0) is 43.7 Å². The molecule has 0 bridgehead atoms. The summed E-state index contributed by atoms with van der Waals surface area (Å²) in [5, 5.41) is 11.5. The number of hydrogen-bond donors (Lipinski definition) is 1. The fourth-order valence-corrected chi connectivity index (χ4v) is 4.54. The molecule has 0 aromatic carbocycles. The molecular formula is C16H20N4OS. The Balaban J connectivity index is 1.35. The highest BCUT2D eigenvalue weighted by molar-refractivity contribution is 7.14. The van der Waals surface area contributed by atoms with E-state index >= 15 is 0 Å². The normalized spacial score (nSPS) is 16.4. The molecule has 22 heavy (non-hydrogen) atoms. The van der Waals surface area contributed by atoms with Crippen LogP contribution in [-0.2, 0) is 32.2 Å². The number of carbonyl (C=O) groups is 1. The van der Waals surface area contributed by atoms with Gasteiger partial charge in [0.05, 0.1) is 4.88 Å². The van der Waals surface area contributed by atoms with Crippen molar-refractivity contribution in [3.8, 4) is 0 Å². The van der Waals surface area contributed by atoms with Gasteiger partial charge in [0.25, 0.3) is 5.91 Å². The van der Waals surface area contributed by atoms with E-state index in [1.165, 1.54) is 23.3 Å². The van der Waals surface area contributed by atoms with Crippen LogP contribution in [0.2, 0.25) is 0 Å². The maximum absolute atomic E-state index is 12.3. The van der Waals surface area contributed by atoms with Gasteiger partial charge in [0.2, 0.25) is 0 Å². The Morgan fingerprint density at radius 3 is 3.05 bits per heavy atom. The first-order valence-corrected chi connectivity index (χ1v) is 8.93. The highest BCUT2D eigenvalue weighted by Crippen LogP contribution is 2.29. The molecule has 2 aliphatic rings. The molecule has 1 aliphatic carbocycles. The third-order valence-corrected chi connectivity index (χ3v) is 5.78. The number of aromatic nitrogens is 3. The Morgan fingerprint density at radius 2 is 2.14 bits per heavy atom. The van der Waals surface area contributed by atoms with E-state index in [1.54, 1.807) is 11.3 Å². The van der Waals surface area contributed by atoms with Crippen LogP contribution in [0.4, 0.5) is 0 Å². The van der Waals surface area contributed by atoms with Gasteiger partial charge in [-0.25, -0.2) is 0 Å². The standard InChI is InChI=1S/C16H20N4OS/c21-16(13-10-11-4-1-2-5-12(11)22-13)17-8-7-15-19-18-14-6-3-9-20(14)15/h10H,1-9H2,(H,17,21). The second-order valence-electron chi connectivity index (χ2n) is 6.06. The molecule has 0 unspecified atom stereocenters. The summed E-state index contributed by atoms with van der Waals surface area (Å²) in [5.41, 5.74) is 1.39. The quantitative estimate of drug-likeness (QED) is 0.940. The zero-order valence-electron chi connectivity index (χ0n) is 12.6. The third kappa shape index (κ3) is 2.56. The maximum Gasteiger partial charge on any atom is 0.261 e. The van der Waals surface area contributed by atoms with Gasteiger partial charge in [-0.1, -0.05) is 0 Å². The molecule has 2 aromatic heterocycles. The first-order chi connectivity index (χ1) is 10.8. The SMILES string of the molecule is O=C(NCCc1nnc2n1CCC2)c1cc2c(s1)CCCC2. The van der Waals surface area contributed by atoms with Crippen molar-refractivity contribution in [2.24, 2.45) is 0 Å². The monoisotopic (exact) mass is 316 g/mol. The number of nitrogens with one attached hydrogen (secondary N) is 1. The number of fused-ring (bicyclic) bond motifs is 2. The minimum absolute atomic E-state index is 0.0561. The van der Waals surface area contributed by atoms with Crippen molar-refractivity contribution in [2.75, 3.05) is 6.54 Å². The number of thiophene rings is 1. The summed E-state index contributed by atoms with van der Waals surface area (Å²) in [5.74, 6) is 2.14. The number of nitrogens with zero attached hydrogens (tertiary/aromatic N) is 3. The Bertz CT molecular complexity index is 680. The lowest BCUT2D eigenvalue weighted by molar-refractivity contribution is 0.0958. The molecule has 2 aromatic rings. The topological polar surface area (TPSA) is 59.8 Å². The van der Waals surface area contributed by atoms with Crippen LogP contribution in [0.15, 0.2) is 6.07 Å². The zero-order chi connectivity index (χ0) is 14.9. The van der Waals surface area contributed by atoms with Gasteiger partial charge < -0.3 is 9.88 Å². The molecule has 0 saturated heterocycles. The van der Waals surface area contributed by atoms with E-state index in [1.807, 2.05) is 0 Å². The molecule has 0 atom stereocenters. The van der Waals surface area contributed by atoms with E-state index in [-0.39, 0.29) is 5.91 Å². The predicted molar refractivity (Wildman–Crippen MR) is 85.3 cm³/mol. The summed E-state index contributed by atoms with van der Waals surface area (Å²) in [6.45, 7) is 1.64. The van der Waals surface area contributed by atoms with Gasteiger partial charge in [-0.3, -0.25) is 4.79 Å². The van der Waals surface area contributed by atoms with Crippen LogP contribution in [0.1, 0.15) is 51.0 Å². The smallest absolute Gasteiger partial charge is 0.261 e. The van der Waals surface area contributed by atoms with Crippen molar-refractivity contribution < 1.29 is 4.79 Å². The van der Waals surface area contributed by atoms with Crippen molar-refractivity contribution in [3.05, 3.63) is 33.0 Å². The third-order valence-electron chi connectivity index (χ3n) is 4.54. The van der Waals surface area contributed by atoms with E-state index < -0.39 is 0 Å². The van der Waals surface area contributed by atoms with Crippen LogP contribution < -0.4 is 5.32 Å². The largest absolute Gasteiger partial charge is 0.351 e. The average Bonchev–Trinajstić information content (AvgIpc) is 3.22. The number of hydrogen-bond acceptors (Lipinski definition) is 4. The molecule has 6 heteroatoms. The van der Waals surface area contributed by atoms with E-state index in [4.69, 9.17) is 0 Å². The Morgan fingerprint density at radius 1 is 1.23 bits per heavy atom. The van der Waals surface area contributed by atoms with E-state index in [0.717, 1.165) is 55.2 Å². The molecule has 0 radical (unpaired) electrons. The highest BCUT2D eigenvalue weighted by atomic mass is 32.1. The molecule has 4 rings (SSSR count). The van der Waals surface area contributed by atoms with Crippen molar-refractivity contribution in [3.63, 3.8) is 0 Å². The molecule has 0 fully saturated rings. The minimum Gasteiger partial charge on any atom is -0.351 e. The first kappa shape index (κ1) is 13.9. The molecule has 1 amide bonds. The van der Waals surface area contributed by atoms with Gasteiger partial charge >= 0.3 is 0 Å². The molecular weight excluding hydrogens is 296 g/mol. The number of rotatable bonds is 4. The fraction of sp³-hybridized carbons (Fsp3) is 0.562. The van der Waals surface area contributed by atoms with Gasteiger partial charge in [0, 0.05) is 30.8 Å². The second-order valence-corrected chi connectivity index (χ2v) is 7.20. The molecule has 0 saturated carbocycles. The maximum atomic E-state index is 12.3. The lowest BCUT2D eigenvalue weighted by Gasteiger charge is -2.08. The van der Waals surface area contributed by atoms with Gasteiger partial charge in [-0.2, -0.15) is 0 Å². The predicted octanol–water partition coefficient (Wildman–Crippen LogP) is 2.14. The summed E-state index contributed by atoms with van der Waals surface area (Å²) in [6.07, 6.45) is 7.72. The lowest BCUT2D eigenvalue weighted by atomic mass is 9.99. The summed E-state index contributed by atoms with van der Waals surface area (Å²) >= 11 is 1.67. The Hall–Kier alpha value is -1.69. The first-order valence-electron chi connectivity index (χ1n) is 8.12. The van der Waals surface area contributed by atoms with E-state index in [0.29, 0.717) is 6.54 Å². The van der Waals surface area contributed by atoms with Crippen LogP contribution in [0, 0.1) is 0 Å². The van der Waals surface area contributed by atoms with E-state index in [2.05, 4.69) is 26.1 Å². The zero-order valence-corrected chi connectivity index (χ0v) is 13.4. The van der Waals surface area contributed by atoms with E-state index in [9.17, 15) is 4.79 Å². The van der Waals surface area contributed by atoms with Crippen molar-refractivity contribution in [1.82, 2.24) is 20.1 Å². The Labute approximate surface area is 133 Å². The van der Waals surface area contributed by atoms with Crippen LogP contribution >= 0.6 is 11.3 Å². The summed E-state index contributed by atoms with van der Waals surface area (Å²) in [7, 11) is 0. The lowest BCUT2D eigenvalue weighted by Crippen LogP contribution is -2.25. The number of amides is 1. The number of carbonyl (C=O) groups excluding carboxylic acids is 1. The molecule has 5 nitrogen and oxygen atoms in total. The molecule has 3 heterocycles. The van der Waals surface area contributed by atoms with Crippen LogP contribution in [0.25, 0.3) is 0 Å². The highest BCUT2D eigenvalue weighted by Gasteiger charge is 2.19. The van der Waals surface area contributed by atoms with Crippen molar-refractivity contribution >= 4 is 17.2 Å². The Kier molecular flexibility index (Phi) is 3.70. The average molecular weight is 316 g/mol. The summed E-state index contributed by atoms with van der Waals surface area (Å²) < 4.78 is 2.19. The molecule has 0 spiro atoms. The van der Waals surface area contributed by atoms with Crippen LogP contribution in [0.3, 0.4) is 0 Å². The van der Waals surface area contributed by atoms with Gasteiger partial charge in [0.15, 0.2) is 0 Å². The van der Waals surface area contributed by atoms with Crippen LogP contribution in [0.5, 0.6) is 0 Å².